The molecule has 2 aliphatic rings. The summed E-state index contributed by atoms with van der Waals surface area (Å²) in [6, 6.07) is 2.27. The molecule has 1 aliphatic carbocycles. The predicted octanol–water partition coefficient (Wildman–Crippen LogP) is 2.03. The Morgan fingerprint density at radius 3 is 2.52 bits per heavy atom. The molecule has 2 fully saturated rings. The van der Waals surface area contributed by atoms with Crippen LogP contribution in [-0.4, -0.2) is 72.0 Å². The van der Waals surface area contributed by atoms with E-state index >= 15 is 0 Å². The fraction of sp³-hybridized carbons (Fsp3) is 0.737. The molecular formula is C19H31N5O. The number of carbonyl (C=O) groups excluding carboxylic acids is 1. The molecule has 1 aliphatic heterocycles. The lowest BCUT2D eigenvalue weighted by atomic mass is 9.95. The van der Waals surface area contributed by atoms with E-state index < -0.39 is 0 Å². The summed E-state index contributed by atoms with van der Waals surface area (Å²) < 4.78 is 0. The number of nitrogens with zero attached hydrogens (tertiary/aromatic N) is 5. The topological polar surface area (TPSA) is 52.6 Å². The van der Waals surface area contributed by atoms with Crippen molar-refractivity contribution in [1.82, 2.24) is 19.8 Å². The van der Waals surface area contributed by atoms with Crippen molar-refractivity contribution in [3.05, 3.63) is 18.5 Å². The molecule has 1 aromatic heterocycles. The van der Waals surface area contributed by atoms with Crippen molar-refractivity contribution < 1.29 is 4.79 Å². The lowest BCUT2D eigenvalue weighted by Gasteiger charge is -2.37. The van der Waals surface area contributed by atoms with E-state index in [1.807, 2.05) is 6.07 Å². The third kappa shape index (κ3) is 4.69. The van der Waals surface area contributed by atoms with Crippen LogP contribution in [0.5, 0.6) is 0 Å². The summed E-state index contributed by atoms with van der Waals surface area (Å²) in [7, 11) is 4.15. The Hall–Kier alpha value is -1.69. The van der Waals surface area contributed by atoms with E-state index in [1.54, 1.807) is 12.4 Å². The maximum atomic E-state index is 13.3. The van der Waals surface area contributed by atoms with Crippen LogP contribution in [0.4, 0.5) is 5.95 Å². The predicted molar refractivity (Wildman–Crippen MR) is 99.5 cm³/mol. The summed E-state index contributed by atoms with van der Waals surface area (Å²) in [6.45, 7) is 3.46. The molecule has 138 valence electrons. The first-order chi connectivity index (χ1) is 12.1. The minimum atomic E-state index is 0.0697. The van der Waals surface area contributed by atoms with Crippen molar-refractivity contribution in [1.29, 1.82) is 0 Å². The van der Waals surface area contributed by atoms with Gasteiger partial charge in [0.15, 0.2) is 0 Å². The molecule has 1 aromatic rings. The van der Waals surface area contributed by atoms with Crippen molar-refractivity contribution >= 4 is 11.9 Å². The quantitative estimate of drug-likeness (QED) is 0.790. The highest BCUT2D eigenvalue weighted by Crippen LogP contribution is 2.28. The van der Waals surface area contributed by atoms with Gasteiger partial charge in [0.05, 0.1) is 5.92 Å². The minimum Gasteiger partial charge on any atom is -0.340 e. The van der Waals surface area contributed by atoms with E-state index in [1.165, 1.54) is 12.8 Å². The van der Waals surface area contributed by atoms with Crippen molar-refractivity contribution in [2.75, 3.05) is 45.2 Å². The highest BCUT2D eigenvalue weighted by molar-refractivity contribution is 5.80. The van der Waals surface area contributed by atoms with Crippen LogP contribution in [-0.2, 0) is 4.79 Å². The third-order valence-corrected chi connectivity index (χ3v) is 5.44. The summed E-state index contributed by atoms with van der Waals surface area (Å²) in [6.07, 6.45) is 10.4. The average molecular weight is 345 g/mol. The van der Waals surface area contributed by atoms with Crippen LogP contribution in [0.3, 0.4) is 0 Å². The first-order valence-corrected chi connectivity index (χ1v) is 9.62. The van der Waals surface area contributed by atoms with Gasteiger partial charge in [0.25, 0.3) is 0 Å². The second kappa shape index (κ2) is 8.61. The van der Waals surface area contributed by atoms with Gasteiger partial charge in [-0.3, -0.25) is 4.79 Å². The molecule has 0 bridgehead atoms. The lowest BCUT2D eigenvalue weighted by Crippen LogP contribution is -2.49. The van der Waals surface area contributed by atoms with Crippen molar-refractivity contribution in [3.8, 4) is 0 Å². The van der Waals surface area contributed by atoms with Gasteiger partial charge in [0.1, 0.15) is 0 Å². The fourth-order valence-corrected chi connectivity index (χ4v) is 4.05. The normalized spacial score (nSPS) is 21.7. The van der Waals surface area contributed by atoms with Crippen molar-refractivity contribution in [2.24, 2.45) is 5.92 Å². The SMILES string of the molecule is CN(C)CCN(C(=O)C1CCCN(c2ncccn2)C1)C1CCCC1. The van der Waals surface area contributed by atoms with Gasteiger partial charge in [0, 0.05) is 44.6 Å². The molecule has 0 spiro atoms. The van der Waals surface area contributed by atoms with Crippen LogP contribution in [0.25, 0.3) is 0 Å². The molecule has 6 heteroatoms. The molecule has 0 N–H and O–H groups in total. The molecule has 1 saturated heterocycles. The number of carbonyl (C=O) groups is 1. The zero-order valence-corrected chi connectivity index (χ0v) is 15.6. The van der Waals surface area contributed by atoms with Gasteiger partial charge in [-0.25, -0.2) is 9.97 Å². The Morgan fingerprint density at radius 1 is 1.12 bits per heavy atom. The summed E-state index contributed by atoms with van der Waals surface area (Å²) >= 11 is 0. The third-order valence-electron chi connectivity index (χ3n) is 5.44. The van der Waals surface area contributed by atoms with Gasteiger partial charge in [-0.15, -0.1) is 0 Å². The van der Waals surface area contributed by atoms with Crippen molar-refractivity contribution in [3.63, 3.8) is 0 Å². The Morgan fingerprint density at radius 2 is 1.84 bits per heavy atom. The van der Waals surface area contributed by atoms with Gasteiger partial charge in [0.2, 0.25) is 11.9 Å². The zero-order chi connectivity index (χ0) is 17.6. The minimum absolute atomic E-state index is 0.0697. The number of rotatable bonds is 6. The van der Waals surface area contributed by atoms with Crippen LogP contribution in [0.1, 0.15) is 38.5 Å². The largest absolute Gasteiger partial charge is 0.340 e. The number of likely N-dealkylation sites (N-methyl/N-ethyl adjacent to an activating group) is 1. The van der Waals surface area contributed by atoms with Crippen LogP contribution >= 0.6 is 0 Å². The first-order valence-electron chi connectivity index (χ1n) is 9.62. The molecule has 6 nitrogen and oxygen atoms in total. The van der Waals surface area contributed by atoms with Gasteiger partial charge in [-0.1, -0.05) is 12.8 Å². The number of anilines is 1. The smallest absolute Gasteiger partial charge is 0.227 e. The molecule has 0 radical (unpaired) electrons. The molecule has 1 atom stereocenters. The van der Waals surface area contributed by atoms with E-state index in [0.29, 0.717) is 11.9 Å². The standard InChI is InChI=1S/C19H31N5O/c1-22(2)13-14-24(17-8-3-4-9-17)18(25)16-7-5-12-23(15-16)19-20-10-6-11-21-19/h6,10-11,16-17H,3-5,7-9,12-15H2,1-2H3. The molecule has 1 saturated carbocycles. The summed E-state index contributed by atoms with van der Waals surface area (Å²) in [4.78, 5) is 28.6. The monoisotopic (exact) mass is 345 g/mol. The highest BCUT2D eigenvalue weighted by atomic mass is 16.2. The second-order valence-electron chi connectivity index (χ2n) is 7.61. The molecule has 2 heterocycles. The second-order valence-corrected chi connectivity index (χ2v) is 7.61. The molecule has 1 unspecified atom stereocenters. The van der Waals surface area contributed by atoms with Crippen molar-refractivity contribution in [2.45, 2.75) is 44.6 Å². The Bertz CT molecular complexity index is 544. The molecule has 0 aromatic carbocycles. The molecule has 1 amide bonds. The van der Waals surface area contributed by atoms with E-state index in [4.69, 9.17) is 0 Å². The van der Waals surface area contributed by atoms with Crippen LogP contribution in [0, 0.1) is 5.92 Å². The Balaban J connectivity index is 1.67. The summed E-state index contributed by atoms with van der Waals surface area (Å²) in [5.74, 6) is 1.16. The number of hydrogen-bond acceptors (Lipinski definition) is 5. The summed E-state index contributed by atoms with van der Waals surface area (Å²) in [5.41, 5.74) is 0. The molecule has 3 rings (SSSR count). The van der Waals surface area contributed by atoms with Gasteiger partial charge < -0.3 is 14.7 Å². The van der Waals surface area contributed by atoms with E-state index in [0.717, 1.165) is 57.8 Å². The number of hydrogen-bond donors (Lipinski definition) is 0. The van der Waals surface area contributed by atoms with E-state index in [-0.39, 0.29) is 5.92 Å². The zero-order valence-electron chi connectivity index (χ0n) is 15.6. The number of amides is 1. The first kappa shape index (κ1) is 18.1. The lowest BCUT2D eigenvalue weighted by molar-refractivity contribution is -0.138. The van der Waals surface area contributed by atoms with E-state index in [2.05, 4.69) is 38.8 Å². The average Bonchev–Trinajstić information content (AvgIpc) is 3.17. The maximum absolute atomic E-state index is 13.3. The van der Waals surface area contributed by atoms with Gasteiger partial charge >= 0.3 is 0 Å². The maximum Gasteiger partial charge on any atom is 0.227 e. The molecule has 25 heavy (non-hydrogen) atoms. The van der Waals surface area contributed by atoms with E-state index in [9.17, 15) is 4.79 Å². The molecular weight excluding hydrogens is 314 g/mol. The highest BCUT2D eigenvalue weighted by Gasteiger charge is 2.34. The van der Waals surface area contributed by atoms with Crippen LogP contribution < -0.4 is 4.90 Å². The Kier molecular flexibility index (Phi) is 6.24. The number of piperidine rings is 1. The fourth-order valence-electron chi connectivity index (χ4n) is 4.05. The van der Waals surface area contributed by atoms with Crippen LogP contribution in [0.2, 0.25) is 0 Å². The van der Waals surface area contributed by atoms with Crippen LogP contribution in [0.15, 0.2) is 18.5 Å². The van der Waals surface area contributed by atoms with Gasteiger partial charge in [-0.2, -0.15) is 0 Å². The number of aromatic nitrogens is 2. The summed E-state index contributed by atoms with van der Waals surface area (Å²) in [5, 5.41) is 0. The van der Waals surface area contributed by atoms with Gasteiger partial charge in [-0.05, 0) is 45.8 Å². The Labute approximate surface area is 151 Å².